The molecule has 1 N–H and O–H groups in total. The number of thiazole rings is 1. The average Bonchev–Trinajstić information content (AvgIpc) is 3.34. The normalized spacial score (nSPS) is 14.3. The number of ether oxygens (including phenoxy) is 4. The van der Waals surface area contributed by atoms with Crippen LogP contribution in [0.5, 0.6) is 17.2 Å². The van der Waals surface area contributed by atoms with Crippen LogP contribution in [0.4, 0.5) is 5.69 Å². The maximum absolute atomic E-state index is 14.0. The van der Waals surface area contributed by atoms with Crippen LogP contribution in [0, 0.1) is 0 Å². The van der Waals surface area contributed by atoms with Crippen molar-refractivity contribution in [3.63, 3.8) is 0 Å². The minimum atomic E-state index is -0.817. The van der Waals surface area contributed by atoms with Crippen molar-refractivity contribution in [1.29, 1.82) is 0 Å². The third kappa shape index (κ3) is 6.85. The molecule has 46 heavy (non-hydrogen) atoms. The van der Waals surface area contributed by atoms with Gasteiger partial charge in [-0.05, 0) is 68.3 Å². The standard InChI is InChI=1S/C34H32ClN3O7S/c1-5-43-27-17-21(15-16-26(27)45-19-29(39)37-24-13-9-10-14-25(24)42-4)18-28-32(40)38-31(22-11-7-8-12-23(22)35)30(33(41)44-6-2)20(3)36-34(38)46-28/h7-18,31H,5-6,19H2,1-4H3,(H,37,39)/b28-18+/t31-/m0/s1. The maximum atomic E-state index is 14.0. The Kier molecular flexibility index (Phi) is 10.2. The number of rotatable bonds is 11. The topological polar surface area (TPSA) is 117 Å². The number of esters is 1. The number of carbonyl (C=O) groups excluding carboxylic acids is 2. The summed E-state index contributed by atoms with van der Waals surface area (Å²) in [6, 6.07) is 18.5. The number of fused-ring (bicyclic) bond motifs is 1. The van der Waals surface area contributed by atoms with Crippen LogP contribution < -0.4 is 34.4 Å². The Labute approximate surface area is 274 Å². The zero-order valence-corrected chi connectivity index (χ0v) is 27.2. The summed E-state index contributed by atoms with van der Waals surface area (Å²) in [5.41, 5.74) is 2.14. The Morgan fingerprint density at radius 3 is 2.50 bits per heavy atom. The second kappa shape index (κ2) is 14.5. The van der Waals surface area contributed by atoms with Gasteiger partial charge in [0.2, 0.25) is 0 Å². The molecule has 12 heteroatoms. The van der Waals surface area contributed by atoms with E-state index in [0.29, 0.717) is 60.7 Å². The molecule has 238 valence electrons. The minimum absolute atomic E-state index is 0.170. The SMILES string of the molecule is CCOC(=O)C1=C(C)N=c2s/c(=C/c3ccc(OCC(=O)Nc4ccccc4OC)c(OCC)c3)c(=O)n2[C@H]1c1ccccc1Cl. The highest BCUT2D eigenvalue weighted by molar-refractivity contribution is 7.07. The van der Waals surface area contributed by atoms with Crippen LogP contribution >= 0.6 is 22.9 Å². The predicted molar refractivity (Wildman–Crippen MR) is 177 cm³/mol. The van der Waals surface area contributed by atoms with E-state index in [1.165, 1.54) is 23.0 Å². The van der Waals surface area contributed by atoms with E-state index in [2.05, 4.69) is 10.3 Å². The van der Waals surface area contributed by atoms with E-state index in [-0.39, 0.29) is 30.3 Å². The summed E-state index contributed by atoms with van der Waals surface area (Å²) in [6.45, 7) is 5.53. The maximum Gasteiger partial charge on any atom is 0.338 e. The molecule has 0 saturated carbocycles. The van der Waals surface area contributed by atoms with Gasteiger partial charge in [0, 0.05) is 5.02 Å². The summed E-state index contributed by atoms with van der Waals surface area (Å²) in [6.07, 6.45) is 1.72. The fourth-order valence-corrected chi connectivity index (χ4v) is 6.30. The largest absolute Gasteiger partial charge is 0.495 e. The van der Waals surface area contributed by atoms with Gasteiger partial charge >= 0.3 is 5.97 Å². The molecule has 1 aliphatic heterocycles. The highest BCUT2D eigenvalue weighted by Gasteiger charge is 2.34. The van der Waals surface area contributed by atoms with Crippen molar-refractivity contribution in [3.8, 4) is 17.2 Å². The lowest BCUT2D eigenvalue weighted by molar-refractivity contribution is -0.139. The van der Waals surface area contributed by atoms with Crippen LogP contribution in [0.1, 0.15) is 37.9 Å². The first kappa shape index (κ1) is 32.5. The van der Waals surface area contributed by atoms with Crippen molar-refractivity contribution in [2.75, 3.05) is 32.2 Å². The lowest BCUT2D eigenvalue weighted by atomic mass is 9.96. The monoisotopic (exact) mass is 661 g/mol. The first-order valence-electron chi connectivity index (χ1n) is 14.5. The second-order valence-corrected chi connectivity index (χ2v) is 11.4. The van der Waals surface area contributed by atoms with Gasteiger partial charge in [-0.2, -0.15) is 0 Å². The van der Waals surface area contributed by atoms with Crippen molar-refractivity contribution in [3.05, 3.63) is 114 Å². The van der Waals surface area contributed by atoms with E-state index >= 15 is 0 Å². The number of para-hydroxylation sites is 2. The Bertz CT molecular complexity index is 2000. The van der Waals surface area contributed by atoms with E-state index in [1.54, 1.807) is 80.6 Å². The third-order valence-corrected chi connectivity index (χ3v) is 8.35. The molecule has 10 nitrogen and oxygen atoms in total. The molecule has 0 radical (unpaired) electrons. The van der Waals surface area contributed by atoms with Gasteiger partial charge in [-0.3, -0.25) is 14.2 Å². The molecule has 1 amide bonds. The predicted octanol–water partition coefficient (Wildman–Crippen LogP) is 4.88. The van der Waals surface area contributed by atoms with Crippen molar-refractivity contribution < 1.29 is 28.5 Å². The quantitative estimate of drug-likeness (QED) is 0.228. The first-order chi connectivity index (χ1) is 22.2. The molecule has 0 unspecified atom stereocenters. The Morgan fingerprint density at radius 2 is 1.76 bits per heavy atom. The summed E-state index contributed by atoms with van der Waals surface area (Å²) < 4.78 is 24.1. The highest BCUT2D eigenvalue weighted by Crippen LogP contribution is 2.34. The fourth-order valence-electron chi connectivity index (χ4n) is 5.01. The van der Waals surface area contributed by atoms with Crippen LogP contribution in [0.3, 0.4) is 0 Å². The summed E-state index contributed by atoms with van der Waals surface area (Å²) >= 11 is 7.78. The Balaban J connectivity index is 1.47. The number of hydrogen-bond donors (Lipinski definition) is 1. The highest BCUT2D eigenvalue weighted by atomic mass is 35.5. The van der Waals surface area contributed by atoms with E-state index < -0.39 is 12.0 Å². The van der Waals surface area contributed by atoms with E-state index in [4.69, 9.17) is 30.5 Å². The van der Waals surface area contributed by atoms with Gasteiger partial charge in [-0.25, -0.2) is 9.79 Å². The van der Waals surface area contributed by atoms with Crippen molar-refractivity contribution in [2.45, 2.75) is 26.8 Å². The van der Waals surface area contributed by atoms with E-state index in [0.717, 1.165) is 0 Å². The number of anilines is 1. The number of aromatic nitrogens is 1. The summed E-state index contributed by atoms with van der Waals surface area (Å²) in [7, 11) is 1.53. The van der Waals surface area contributed by atoms with Crippen LogP contribution in [-0.4, -0.2) is 43.4 Å². The molecule has 1 aromatic heterocycles. The van der Waals surface area contributed by atoms with Gasteiger partial charge in [0.05, 0.1) is 41.8 Å². The first-order valence-corrected chi connectivity index (χ1v) is 15.7. The molecule has 5 rings (SSSR count). The zero-order valence-electron chi connectivity index (χ0n) is 25.7. The molecule has 0 saturated heterocycles. The van der Waals surface area contributed by atoms with Crippen LogP contribution in [-0.2, 0) is 14.3 Å². The molecule has 0 spiro atoms. The Morgan fingerprint density at radius 1 is 1.00 bits per heavy atom. The molecule has 0 aliphatic carbocycles. The zero-order chi connectivity index (χ0) is 32.8. The summed E-state index contributed by atoms with van der Waals surface area (Å²) in [4.78, 5) is 44.7. The number of methoxy groups -OCH3 is 1. The number of benzene rings is 3. The number of nitrogens with zero attached hydrogens (tertiary/aromatic N) is 2. The molecular weight excluding hydrogens is 630 g/mol. The van der Waals surface area contributed by atoms with Crippen LogP contribution in [0.15, 0.2) is 87.8 Å². The van der Waals surface area contributed by atoms with Gasteiger partial charge in [-0.15, -0.1) is 0 Å². The summed E-state index contributed by atoms with van der Waals surface area (Å²) in [5, 5.41) is 3.18. The van der Waals surface area contributed by atoms with Crippen molar-refractivity contribution in [2.24, 2.45) is 4.99 Å². The van der Waals surface area contributed by atoms with Crippen molar-refractivity contribution in [1.82, 2.24) is 4.57 Å². The molecule has 0 fully saturated rings. The number of amides is 1. The minimum Gasteiger partial charge on any atom is -0.495 e. The lowest BCUT2D eigenvalue weighted by Gasteiger charge is -2.25. The van der Waals surface area contributed by atoms with E-state index in [9.17, 15) is 14.4 Å². The van der Waals surface area contributed by atoms with Crippen molar-refractivity contribution >= 4 is 46.6 Å². The second-order valence-electron chi connectivity index (χ2n) is 10.0. The van der Waals surface area contributed by atoms with Gasteiger partial charge in [-0.1, -0.05) is 59.3 Å². The molecule has 3 aromatic carbocycles. The van der Waals surface area contributed by atoms with Crippen LogP contribution in [0.25, 0.3) is 6.08 Å². The molecular formula is C34H32ClN3O7S. The van der Waals surface area contributed by atoms with E-state index in [1.807, 2.05) is 13.0 Å². The molecule has 4 aromatic rings. The van der Waals surface area contributed by atoms with Gasteiger partial charge in [0.15, 0.2) is 22.9 Å². The average molecular weight is 662 g/mol. The van der Waals surface area contributed by atoms with Gasteiger partial charge < -0.3 is 24.3 Å². The lowest BCUT2D eigenvalue weighted by Crippen LogP contribution is -2.40. The smallest absolute Gasteiger partial charge is 0.338 e. The summed E-state index contributed by atoms with van der Waals surface area (Å²) in [5.74, 6) is 0.373. The fraction of sp³-hybridized carbons (Fsp3) is 0.235. The van der Waals surface area contributed by atoms with Gasteiger partial charge in [0.1, 0.15) is 11.8 Å². The number of nitrogens with one attached hydrogen (secondary N) is 1. The number of halogens is 1. The Hall–Kier alpha value is -4.87. The number of carbonyl (C=O) groups is 2. The molecule has 1 aliphatic rings. The molecule has 1 atom stereocenters. The number of hydrogen-bond acceptors (Lipinski definition) is 9. The van der Waals surface area contributed by atoms with Gasteiger partial charge in [0.25, 0.3) is 11.5 Å². The van der Waals surface area contributed by atoms with Crippen LogP contribution in [0.2, 0.25) is 5.02 Å². The molecule has 2 heterocycles. The number of allylic oxidation sites excluding steroid dienone is 1. The third-order valence-electron chi connectivity index (χ3n) is 7.02. The molecule has 0 bridgehead atoms.